The van der Waals surface area contributed by atoms with Crippen molar-refractivity contribution in [2.75, 3.05) is 6.54 Å². The summed E-state index contributed by atoms with van der Waals surface area (Å²) in [6.45, 7) is -1.72. The maximum Gasteiger partial charge on any atom is 0.432 e. The quantitative estimate of drug-likeness (QED) is 0.714. The minimum absolute atomic E-state index is 0.0435. The number of hydrogen-bond donors (Lipinski definition) is 1. The molecule has 1 amide bonds. The van der Waals surface area contributed by atoms with E-state index in [2.05, 4.69) is 14.7 Å². The average molecular weight is 430 g/mol. The number of carbonyl (C=O) groups is 1. The van der Waals surface area contributed by atoms with Crippen LogP contribution in [0.25, 0.3) is 0 Å². The molecule has 0 bridgehead atoms. The number of fused-ring (bicyclic) bond motifs is 1. The summed E-state index contributed by atoms with van der Waals surface area (Å²) in [6.07, 6.45) is -2.72. The summed E-state index contributed by atoms with van der Waals surface area (Å²) in [4.78, 5) is 22.4. The number of nitrogens with zero attached hydrogens (tertiary/aromatic N) is 3. The molecule has 6 nitrogen and oxygen atoms in total. The number of rotatable bonds is 6. The first kappa shape index (κ1) is 20.6. The molecule has 30 heavy (non-hydrogen) atoms. The molecule has 1 N–H and O–H groups in total. The Morgan fingerprint density at radius 1 is 1.17 bits per heavy atom. The third-order valence-corrected chi connectivity index (χ3v) is 5.52. The third-order valence-electron chi connectivity index (χ3n) is 5.52. The molecule has 2 fully saturated rings. The zero-order valence-electron chi connectivity index (χ0n) is 15.7. The van der Waals surface area contributed by atoms with Crippen LogP contribution in [0.4, 0.5) is 22.0 Å². The van der Waals surface area contributed by atoms with Gasteiger partial charge in [0.15, 0.2) is 0 Å². The lowest BCUT2D eigenvalue weighted by molar-refractivity contribution is -0.141. The molecule has 0 aliphatic carbocycles. The van der Waals surface area contributed by atoms with Gasteiger partial charge < -0.3 is 14.6 Å². The zero-order valence-corrected chi connectivity index (χ0v) is 15.7. The van der Waals surface area contributed by atoms with Crippen LogP contribution in [-0.4, -0.2) is 50.9 Å². The van der Waals surface area contributed by atoms with Gasteiger partial charge in [-0.2, -0.15) is 22.0 Å². The first-order valence-electron chi connectivity index (χ1n) is 9.39. The average Bonchev–Trinajstić information content (AvgIpc) is 3.35. The van der Waals surface area contributed by atoms with Crippen molar-refractivity contribution in [3.05, 3.63) is 47.5 Å². The van der Waals surface area contributed by atoms with Gasteiger partial charge in [-0.3, -0.25) is 9.69 Å². The van der Waals surface area contributed by atoms with Gasteiger partial charge in [0.1, 0.15) is 17.3 Å². The number of halogens is 5. The first-order valence-corrected chi connectivity index (χ1v) is 9.39. The molecule has 2 aliphatic rings. The predicted molar refractivity (Wildman–Crippen MR) is 94.4 cm³/mol. The van der Waals surface area contributed by atoms with Crippen LogP contribution in [0.15, 0.2) is 30.5 Å². The largest absolute Gasteiger partial charge is 0.435 e. The maximum absolute atomic E-state index is 12.7. The second-order valence-electron chi connectivity index (χ2n) is 7.38. The van der Waals surface area contributed by atoms with E-state index in [1.165, 1.54) is 12.1 Å². The van der Waals surface area contributed by atoms with Gasteiger partial charge in [-0.1, -0.05) is 12.1 Å². The lowest BCUT2D eigenvalue weighted by atomic mass is 10.1. The zero-order chi connectivity index (χ0) is 21.5. The molecule has 2 aromatic rings. The Labute approximate surface area is 168 Å². The summed E-state index contributed by atoms with van der Waals surface area (Å²) in [7, 11) is 0. The summed E-state index contributed by atoms with van der Waals surface area (Å²) < 4.78 is 67.1. The molecular formula is C19H19F5N4O2. The predicted octanol–water partition coefficient (Wildman–Crippen LogP) is 3.41. The van der Waals surface area contributed by atoms with Gasteiger partial charge in [-0.05, 0) is 24.1 Å². The molecular weight excluding hydrogens is 411 g/mol. The number of nitrogens with one attached hydrogen (secondary N) is 1. The highest BCUT2D eigenvalue weighted by Crippen LogP contribution is 2.35. The monoisotopic (exact) mass is 430 g/mol. The summed E-state index contributed by atoms with van der Waals surface area (Å²) in [5, 5.41) is 0. The molecule has 0 spiro atoms. The summed E-state index contributed by atoms with van der Waals surface area (Å²) in [5.41, 5.74) is -0.110. The number of benzene rings is 1. The van der Waals surface area contributed by atoms with E-state index in [-0.39, 0.29) is 42.5 Å². The molecule has 0 unspecified atom stereocenters. The number of aromatic amines is 1. The van der Waals surface area contributed by atoms with E-state index < -0.39 is 18.5 Å². The molecule has 162 valence electrons. The minimum atomic E-state index is -4.48. The number of amides is 1. The Hall–Kier alpha value is -2.69. The van der Waals surface area contributed by atoms with E-state index in [4.69, 9.17) is 0 Å². The molecule has 4 rings (SSSR count). The molecule has 11 heteroatoms. The lowest BCUT2D eigenvalue weighted by Gasteiger charge is -2.25. The van der Waals surface area contributed by atoms with E-state index in [0.717, 1.165) is 11.8 Å². The highest BCUT2D eigenvalue weighted by Gasteiger charge is 2.46. The standard InChI is InChI=1S/C19H19F5N4O2/c20-18(21)30-12-3-1-11(2-4-12)9-28-13-5-6-27(14(13)7-17(28)29)10-16-25-8-15(26-16)19(22,23)24/h1-4,8,13-14,18H,5-7,9-10H2,(H,25,26)/t13-,14-/m0/s1. The molecule has 0 radical (unpaired) electrons. The summed E-state index contributed by atoms with van der Waals surface area (Å²) in [6, 6.07) is 5.97. The highest BCUT2D eigenvalue weighted by molar-refractivity contribution is 5.80. The van der Waals surface area contributed by atoms with Gasteiger partial charge >= 0.3 is 12.8 Å². The van der Waals surface area contributed by atoms with Crippen LogP contribution in [0.3, 0.4) is 0 Å². The number of ether oxygens (including phenoxy) is 1. The van der Waals surface area contributed by atoms with Crippen LogP contribution in [0.2, 0.25) is 0 Å². The van der Waals surface area contributed by atoms with Crippen LogP contribution >= 0.6 is 0 Å². The van der Waals surface area contributed by atoms with Crippen LogP contribution < -0.4 is 4.74 Å². The fourth-order valence-corrected chi connectivity index (χ4v) is 4.16. The van der Waals surface area contributed by atoms with Crippen LogP contribution in [0.5, 0.6) is 5.75 Å². The summed E-state index contributed by atoms with van der Waals surface area (Å²) >= 11 is 0. The maximum atomic E-state index is 12.7. The first-order chi connectivity index (χ1) is 14.2. The van der Waals surface area contributed by atoms with Crippen molar-refractivity contribution < 1.29 is 31.5 Å². The lowest BCUT2D eigenvalue weighted by Crippen LogP contribution is -2.36. The number of H-pyrrole nitrogens is 1. The Balaban J connectivity index is 1.39. The van der Waals surface area contributed by atoms with Gasteiger partial charge in [0.25, 0.3) is 0 Å². The highest BCUT2D eigenvalue weighted by atomic mass is 19.4. The van der Waals surface area contributed by atoms with Crippen LogP contribution in [0.1, 0.15) is 29.9 Å². The van der Waals surface area contributed by atoms with E-state index in [0.29, 0.717) is 19.5 Å². The fourth-order valence-electron chi connectivity index (χ4n) is 4.16. The Kier molecular flexibility index (Phi) is 5.39. The van der Waals surface area contributed by atoms with Gasteiger partial charge in [-0.15, -0.1) is 0 Å². The third kappa shape index (κ3) is 4.25. The number of imidazole rings is 1. The minimum Gasteiger partial charge on any atom is -0.435 e. The Morgan fingerprint density at radius 3 is 2.53 bits per heavy atom. The van der Waals surface area contributed by atoms with E-state index >= 15 is 0 Å². The van der Waals surface area contributed by atoms with Gasteiger partial charge in [0.2, 0.25) is 5.91 Å². The fraction of sp³-hybridized carbons (Fsp3) is 0.474. The molecule has 3 heterocycles. The number of hydrogen-bond acceptors (Lipinski definition) is 4. The van der Waals surface area contributed by atoms with Gasteiger partial charge in [-0.25, -0.2) is 4.98 Å². The number of alkyl halides is 5. The summed E-state index contributed by atoms with van der Waals surface area (Å²) in [5.74, 6) is 0.213. The molecule has 2 aliphatic heterocycles. The van der Waals surface area contributed by atoms with Gasteiger partial charge in [0, 0.05) is 31.6 Å². The van der Waals surface area contributed by atoms with E-state index in [1.807, 2.05) is 4.90 Å². The molecule has 0 saturated carbocycles. The smallest absolute Gasteiger partial charge is 0.432 e. The van der Waals surface area contributed by atoms with Crippen molar-refractivity contribution in [1.82, 2.24) is 19.8 Å². The SMILES string of the molecule is O=C1C[C@H]2[C@H](CCN2Cc2ncc(C(F)(F)F)[nH]2)N1Cc1ccc(OC(F)F)cc1. The second-order valence-corrected chi connectivity index (χ2v) is 7.38. The topological polar surface area (TPSA) is 61.5 Å². The second kappa shape index (κ2) is 7.86. The number of carbonyl (C=O) groups excluding carboxylic acids is 1. The van der Waals surface area contributed by atoms with Crippen molar-refractivity contribution in [2.24, 2.45) is 0 Å². The Morgan fingerprint density at radius 2 is 1.90 bits per heavy atom. The van der Waals surface area contributed by atoms with Crippen LogP contribution in [0, 0.1) is 0 Å². The Bertz CT molecular complexity index is 899. The van der Waals surface area contributed by atoms with E-state index in [1.54, 1.807) is 17.0 Å². The van der Waals surface area contributed by atoms with Crippen molar-refractivity contribution >= 4 is 5.91 Å². The van der Waals surface area contributed by atoms with Crippen molar-refractivity contribution in [1.29, 1.82) is 0 Å². The van der Waals surface area contributed by atoms with Crippen molar-refractivity contribution in [3.63, 3.8) is 0 Å². The normalized spacial score (nSPS) is 22.2. The molecule has 1 aromatic heterocycles. The number of likely N-dealkylation sites (tertiary alicyclic amines) is 2. The number of aromatic nitrogens is 2. The van der Waals surface area contributed by atoms with Gasteiger partial charge in [0.05, 0.1) is 12.7 Å². The molecule has 2 saturated heterocycles. The van der Waals surface area contributed by atoms with Crippen molar-refractivity contribution in [2.45, 2.75) is 50.8 Å². The molecule has 1 aromatic carbocycles. The van der Waals surface area contributed by atoms with Crippen molar-refractivity contribution in [3.8, 4) is 5.75 Å². The molecule has 2 atom stereocenters. The van der Waals surface area contributed by atoms with E-state index in [9.17, 15) is 26.7 Å². The van der Waals surface area contributed by atoms with Crippen LogP contribution in [-0.2, 0) is 24.1 Å².